The molecule has 2 aromatic rings. The number of rotatable bonds is 4. The molecule has 0 atom stereocenters. The minimum atomic E-state index is 0.809. The van der Waals surface area contributed by atoms with Crippen LogP contribution in [0, 0.1) is 3.57 Å². The van der Waals surface area contributed by atoms with Crippen molar-refractivity contribution in [3.8, 4) is 0 Å². The first kappa shape index (κ1) is 13.9. The van der Waals surface area contributed by atoms with Crippen LogP contribution in [0.25, 0.3) is 0 Å². The van der Waals surface area contributed by atoms with Crippen LogP contribution in [0.15, 0.2) is 28.9 Å². The molecule has 0 radical (unpaired) electrons. The predicted octanol–water partition coefficient (Wildman–Crippen LogP) is 3.96. The highest BCUT2D eigenvalue weighted by atomic mass is 127. The molecule has 1 aromatic carbocycles. The third-order valence-corrected chi connectivity index (χ3v) is 4.16. The van der Waals surface area contributed by atoms with Crippen LogP contribution < -0.4 is 5.32 Å². The maximum atomic E-state index is 4.45. The van der Waals surface area contributed by atoms with Gasteiger partial charge < -0.3 is 5.32 Å². The predicted molar refractivity (Wildman–Crippen MR) is 86.8 cm³/mol. The van der Waals surface area contributed by atoms with Crippen LogP contribution >= 0.6 is 38.5 Å². The van der Waals surface area contributed by atoms with E-state index in [1.807, 2.05) is 11.7 Å². The molecule has 0 aliphatic heterocycles. The molecule has 0 saturated heterocycles. The Bertz CT molecular complexity index is 551. The standard InChI is InChI=1S/C13H15BrIN3/c1-3-12-9(8-18(2)17-12)7-16-13-6-10(14)4-5-11(13)15/h4-6,8,16H,3,7H2,1-2H3. The van der Waals surface area contributed by atoms with Gasteiger partial charge in [0.05, 0.1) is 5.69 Å². The summed E-state index contributed by atoms with van der Waals surface area (Å²) in [6.07, 6.45) is 3.05. The van der Waals surface area contributed by atoms with Crippen molar-refractivity contribution < 1.29 is 0 Å². The van der Waals surface area contributed by atoms with Crippen molar-refractivity contribution in [2.45, 2.75) is 19.9 Å². The molecule has 18 heavy (non-hydrogen) atoms. The molecule has 0 saturated carbocycles. The summed E-state index contributed by atoms with van der Waals surface area (Å²) >= 11 is 5.83. The van der Waals surface area contributed by atoms with Gasteiger partial charge in [0.1, 0.15) is 0 Å². The maximum absolute atomic E-state index is 4.45. The molecule has 0 fully saturated rings. The van der Waals surface area contributed by atoms with E-state index in [4.69, 9.17) is 0 Å². The van der Waals surface area contributed by atoms with Crippen molar-refractivity contribution in [3.63, 3.8) is 0 Å². The summed E-state index contributed by atoms with van der Waals surface area (Å²) < 4.78 is 4.19. The summed E-state index contributed by atoms with van der Waals surface area (Å²) in [6, 6.07) is 6.25. The van der Waals surface area contributed by atoms with E-state index in [0.29, 0.717) is 0 Å². The highest BCUT2D eigenvalue weighted by molar-refractivity contribution is 14.1. The fourth-order valence-corrected chi connectivity index (χ4v) is 2.74. The highest BCUT2D eigenvalue weighted by Gasteiger charge is 2.06. The molecule has 5 heteroatoms. The van der Waals surface area contributed by atoms with Gasteiger partial charge in [-0.05, 0) is 47.2 Å². The topological polar surface area (TPSA) is 29.9 Å². The largest absolute Gasteiger partial charge is 0.380 e. The molecule has 0 aliphatic rings. The molecule has 1 N–H and O–H groups in total. The van der Waals surface area contributed by atoms with Gasteiger partial charge in [0.2, 0.25) is 0 Å². The number of hydrogen-bond acceptors (Lipinski definition) is 2. The Balaban J connectivity index is 2.13. The van der Waals surface area contributed by atoms with Crippen molar-refractivity contribution in [2.75, 3.05) is 5.32 Å². The maximum Gasteiger partial charge on any atom is 0.0671 e. The highest BCUT2D eigenvalue weighted by Crippen LogP contribution is 2.23. The lowest BCUT2D eigenvalue weighted by Gasteiger charge is -2.08. The number of nitrogens with one attached hydrogen (secondary N) is 1. The summed E-state index contributed by atoms with van der Waals surface area (Å²) in [6.45, 7) is 2.94. The van der Waals surface area contributed by atoms with Gasteiger partial charge in [0, 0.05) is 39.1 Å². The second-order valence-corrected chi connectivity index (χ2v) is 6.18. The van der Waals surface area contributed by atoms with Crippen LogP contribution in [0.2, 0.25) is 0 Å². The fraction of sp³-hybridized carbons (Fsp3) is 0.308. The van der Waals surface area contributed by atoms with Gasteiger partial charge in [-0.15, -0.1) is 0 Å². The number of anilines is 1. The Morgan fingerprint density at radius 3 is 2.94 bits per heavy atom. The number of halogens is 2. The quantitative estimate of drug-likeness (QED) is 0.760. The zero-order valence-electron chi connectivity index (χ0n) is 10.4. The van der Waals surface area contributed by atoms with Crippen LogP contribution in [0.4, 0.5) is 5.69 Å². The Morgan fingerprint density at radius 2 is 2.22 bits per heavy atom. The SMILES string of the molecule is CCc1nn(C)cc1CNc1cc(Br)ccc1I. The van der Waals surface area contributed by atoms with Gasteiger partial charge in [0.25, 0.3) is 0 Å². The minimum Gasteiger partial charge on any atom is -0.380 e. The van der Waals surface area contributed by atoms with Crippen molar-refractivity contribution >= 4 is 44.2 Å². The van der Waals surface area contributed by atoms with Gasteiger partial charge in [0.15, 0.2) is 0 Å². The van der Waals surface area contributed by atoms with E-state index in [1.54, 1.807) is 0 Å². The van der Waals surface area contributed by atoms with Crippen molar-refractivity contribution in [1.82, 2.24) is 9.78 Å². The average molecular weight is 420 g/mol. The first-order valence-electron chi connectivity index (χ1n) is 5.80. The first-order valence-corrected chi connectivity index (χ1v) is 7.67. The Kier molecular flexibility index (Phi) is 4.66. The zero-order valence-corrected chi connectivity index (χ0v) is 14.1. The van der Waals surface area contributed by atoms with Crippen LogP contribution in [0.1, 0.15) is 18.2 Å². The van der Waals surface area contributed by atoms with Crippen molar-refractivity contribution in [3.05, 3.63) is 43.7 Å². The van der Waals surface area contributed by atoms with E-state index < -0.39 is 0 Å². The summed E-state index contributed by atoms with van der Waals surface area (Å²) in [7, 11) is 1.96. The van der Waals surface area contributed by atoms with E-state index in [9.17, 15) is 0 Å². The second kappa shape index (κ2) is 6.06. The van der Waals surface area contributed by atoms with Crippen LogP contribution in [-0.2, 0) is 20.0 Å². The minimum absolute atomic E-state index is 0.809. The lowest BCUT2D eigenvalue weighted by molar-refractivity contribution is 0.746. The number of aryl methyl sites for hydroxylation is 2. The van der Waals surface area contributed by atoms with Gasteiger partial charge in [-0.2, -0.15) is 5.10 Å². The first-order chi connectivity index (χ1) is 8.60. The van der Waals surface area contributed by atoms with Crippen molar-refractivity contribution in [1.29, 1.82) is 0 Å². The molecule has 1 aromatic heterocycles. The zero-order chi connectivity index (χ0) is 13.1. The molecular formula is C13H15BrIN3. The summed E-state index contributed by atoms with van der Waals surface area (Å²) in [4.78, 5) is 0. The summed E-state index contributed by atoms with van der Waals surface area (Å²) in [5.41, 5.74) is 3.57. The number of nitrogens with zero attached hydrogens (tertiary/aromatic N) is 2. The Labute approximate surface area is 129 Å². The smallest absolute Gasteiger partial charge is 0.0671 e. The fourth-order valence-electron chi connectivity index (χ4n) is 1.85. The Morgan fingerprint density at radius 1 is 1.44 bits per heavy atom. The normalized spacial score (nSPS) is 10.7. The molecule has 2 rings (SSSR count). The number of benzene rings is 1. The van der Waals surface area contributed by atoms with Gasteiger partial charge in [-0.25, -0.2) is 0 Å². The lowest BCUT2D eigenvalue weighted by atomic mass is 10.2. The molecule has 0 unspecified atom stereocenters. The van der Waals surface area contributed by atoms with E-state index in [-0.39, 0.29) is 0 Å². The monoisotopic (exact) mass is 419 g/mol. The van der Waals surface area contributed by atoms with Crippen LogP contribution in [0.5, 0.6) is 0 Å². The van der Waals surface area contributed by atoms with Gasteiger partial charge >= 0.3 is 0 Å². The Hall–Kier alpha value is -0.560. The van der Waals surface area contributed by atoms with E-state index in [2.05, 4.69) is 80.3 Å². The van der Waals surface area contributed by atoms with Gasteiger partial charge in [-0.3, -0.25) is 4.68 Å². The van der Waals surface area contributed by atoms with Crippen LogP contribution in [0.3, 0.4) is 0 Å². The molecule has 3 nitrogen and oxygen atoms in total. The summed E-state index contributed by atoms with van der Waals surface area (Å²) in [5.74, 6) is 0. The van der Waals surface area contributed by atoms with Crippen LogP contribution in [-0.4, -0.2) is 9.78 Å². The molecule has 1 heterocycles. The number of aromatic nitrogens is 2. The number of hydrogen-bond donors (Lipinski definition) is 1. The molecule has 0 amide bonds. The molecule has 0 aliphatic carbocycles. The molecule has 0 spiro atoms. The molecule has 96 valence electrons. The van der Waals surface area contributed by atoms with Gasteiger partial charge in [-0.1, -0.05) is 22.9 Å². The summed E-state index contributed by atoms with van der Waals surface area (Å²) in [5, 5.41) is 7.91. The van der Waals surface area contributed by atoms with E-state index in [0.717, 1.165) is 28.8 Å². The third-order valence-electron chi connectivity index (χ3n) is 2.72. The molecular weight excluding hydrogens is 405 g/mol. The van der Waals surface area contributed by atoms with Crippen molar-refractivity contribution in [2.24, 2.45) is 7.05 Å². The second-order valence-electron chi connectivity index (χ2n) is 4.11. The average Bonchev–Trinajstić information content (AvgIpc) is 2.71. The molecule has 0 bridgehead atoms. The van der Waals surface area contributed by atoms with E-state index >= 15 is 0 Å². The van der Waals surface area contributed by atoms with E-state index in [1.165, 1.54) is 9.13 Å². The third kappa shape index (κ3) is 3.26. The lowest BCUT2D eigenvalue weighted by Crippen LogP contribution is -2.02.